The van der Waals surface area contributed by atoms with Crippen molar-refractivity contribution in [1.29, 1.82) is 0 Å². The Labute approximate surface area is 79.3 Å². The third kappa shape index (κ3) is 3.69. The van der Waals surface area contributed by atoms with Gasteiger partial charge in [-0.2, -0.15) is 0 Å². The van der Waals surface area contributed by atoms with Crippen LogP contribution in [0.1, 0.15) is 12.0 Å². The van der Waals surface area contributed by atoms with Crippen LogP contribution in [0.3, 0.4) is 0 Å². The number of halogens is 1. The summed E-state index contributed by atoms with van der Waals surface area (Å²) in [6, 6.07) is 4.09. The molecule has 1 N–H and O–H groups in total. The molecule has 3 heteroatoms. The third-order valence-electron chi connectivity index (χ3n) is 1.58. The van der Waals surface area contributed by atoms with Gasteiger partial charge >= 0.3 is 0 Å². The lowest BCUT2D eigenvalue weighted by Gasteiger charge is -1.94. The van der Waals surface area contributed by atoms with Crippen molar-refractivity contribution in [2.45, 2.75) is 19.9 Å². The van der Waals surface area contributed by atoms with Crippen molar-refractivity contribution in [3.63, 3.8) is 0 Å². The smallest absolute Gasteiger partial charge is 0.171 e. The van der Waals surface area contributed by atoms with E-state index in [4.69, 9.17) is 5.11 Å². The van der Waals surface area contributed by atoms with Crippen LogP contribution < -0.4 is 17.0 Å². The maximum atomic E-state index is 8.58. The number of aliphatic hydroxyl groups excluding tert-OH is 1. The molecule has 0 bridgehead atoms. The van der Waals surface area contributed by atoms with E-state index in [0.717, 1.165) is 13.0 Å². The van der Waals surface area contributed by atoms with E-state index in [1.54, 1.807) is 0 Å². The van der Waals surface area contributed by atoms with Crippen molar-refractivity contribution in [2.24, 2.45) is 0 Å². The fourth-order valence-electron chi connectivity index (χ4n) is 1.05. The Balaban J connectivity index is 0.00000121. The van der Waals surface area contributed by atoms with Gasteiger partial charge in [0.2, 0.25) is 0 Å². The molecule has 68 valence electrons. The minimum absolute atomic E-state index is 0. The van der Waals surface area contributed by atoms with E-state index in [9.17, 15) is 0 Å². The molecule has 0 saturated heterocycles. The molecule has 2 nitrogen and oxygen atoms in total. The third-order valence-corrected chi connectivity index (χ3v) is 1.58. The quantitative estimate of drug-likeness (QED) is 0.528. The fourth-order valence-corrected chi connectivity index (χ4v) is 1.05. The van der Waals surface area contributed by atoms with E-state index in [0.29, 0.717) is 0 Å². The lowest BCUT2D eigenvalue weighted by Crippen LogP contribution is -3.00. The van der Waals surface area contributed by atoms with Gasteiger partial charge in [0.05, 0.1) is 0 Å². The number of pyridine rings is 1. The SMILES string of the molecule is Cc1ccc[n+](CCCO)c1.[Cl-]. The van der Waals surface area contributed by atoms with Crippen LogP contribution in [0.15, 0.2) is 24.5 Å². The zero-order valence-electron chi connectivity index (χ0n) is 7.20. The first-order chi connectivity index (χ1) is 5.33. The second kappa shape index (κ2) is 5.98. The van der Waals surface area contributed by atoms with Gasteiger partial charge < -0.3 is 17.5 Å². The van der Waals surface area contributed by atoms with Crippen LogP contribution in [0.25, 0.3) is 0 Å². The Kier molecular flexibility index (Phi) is 5.68. The summed E-state index contributed by atoms with van der Waals surface area (Å²) in [5, 5.41) is 8.58. The molecule has 0 radical (unpaired) electrons. The molecule has 0 aliphatic rings. The average Bonchev–Trinajstić information content (AvgIpc) is 2.01. The van der Waals surface area contributed by atoms with Crippen LogP contribution in [0.2, 0.25) is 0 Å². The highest BCUT2D eigenvalue weighted by Crippen LogP contribution is 1.89. The number of aromatic nitrogens is 1. The summed E-state index contributed by atoms with van der Waals surface area (Å²) >= 11 is 0. The number of hydrogen-bond donors (Lipinski definition) is 1. The van der Waals surface area contributed by atoms with E-state index in [1.807, 2.05) is 12.3 Å². The standard InChI is InChI=1S/C9H14NO.ClH/c1-9-4-2-5-10(8-9)6-3-7-11;/h2,4-5,8,11H,3,6-7H2,1H3;1H/q+1;/p-1. The van der Waals surface area contributed by atoms with Crippen LogP contribution >= 0.6 is 0 Å². The Morgan fingerprint density at radius 2 is 2.25 bits per heavy atom. The number of rotatable bonds is 3. The second-order valence-corrected chi connectivity index (χ2v) is 2.70. The van der Waals surface area contributed by atoms with Gasteiger partial charge in [-0.25, -0.2) is 4.57 Å². The van der Waals surface area contributed by atoms with E-state index < -0.39 is 0 Å². The topological polar surface area (TPSA) is 24.1 Å². The normalized spacial score (nSPS) is 9.17. The van der Waals surface area contributed by atoms with Crippen LogP contribution in [0, 0.1) is 6.92 Å². The number of hydrogen-bond acceptors (Lipinski definition) is 1. The average molecular weight is 188 g/mol. The molecule has 0 atom stereocenters. The van der Waals surface area contributed by atoms with E-state index in [2.05, 4.69) is 23.8 Å². The largest absolute Gasteiger partial charge is 1.00 e. The van der Waals surface area contributed by atoms with Crippen LogP contribution in [0.5, 0.6) is 0 Å². The lowest BCUT2D eigenvalue weighted by molar-refractivity contribution is -0.697. The van der Waals surface area contributed by atoms with Gasteiger partial charge in [-0.15, -0.1) is 0 Å². The molecule has 0 aliphatic heterocycles. The maximum Gasteiger partial charge on any atom is 0.171 e. The van der Waals surface area contributed by atoms with Gasteiger partial charge in [0.25, 0.3) is 0 Å². The Morgan fingerprint density at radius 1 is 1.50 bits per heavy atom. The fraction of sp³-hybridized carbons (Fsp3) is 0.444. The van der Waals surface area contributed by atoms with Gasteiger partial charge in [0, 0.05) is 24.7 Å². The zero-order valence-corrected chi connectivity index (χ0v) is 7.96. The second-order valence-electron chi connectivity index (χ2n) is 2.70. The summed E-state index contributed by atoms with van der Waals surface area (Å²) in [6.07, 6.45) is 4.92. The molecule has 0 aliphatic carbocycles. The van der Waals surface area contributed by atoms with Crippen LogP contribution in [-0.2, 0) is 6.54 Å². The highest BCUT2D eigenvalue weighted by Gasteiger charge is 1.97. The molecule has 12 heavy (non-hydrogen) atoms. The van der Waals surface area contributed by atoms with Gasteiger partial charge in [-0.05, 0) is 13.0 Å². The molecule has 0 unspecified atom stereocenters. The minimum Gasteiger partial charge on any atom is -1.00 e. The summed E-state index contributed by atoms with van der Waals surface area (Å²) in [7, 11) is 0. The first kappa shape index (κ1) is 11.4. The predicted octanol–water partition coefficient (Wildman–Crippen LogP) is -2.33. The molecule has 0 fully saturated rings. The summed E-state index contributed by atoms with van der Waals surface area (Å²) in [5.41, 5.74) is 1.26. The zero-order chi connectivity index (χ0) is 8.10. The molecule has 1 aromatic heterocycles. The molecular weight excluding hydrogens is 174 g/mol. The minimum atomic E-state index is 0. The number of aliphatic hydroxyl groups is 1. The van der Waals surface area contributed by atoms with Crippen molar-refractivity contribution in [2.75, 3.05) is 6.61 Å². The molecule has 0 saturated carbocycles. The van der Waals surface area contributed by atoms with E-state index >= 15 is 0 Å². The highest BCUT2D eigenvalue weighted by molar-refractivity contribution is 5.01. The number of nitrogens with zero attached hydrogens (tertiary/aromatic N) is 1. The van der Waals surface area contributed by atoms with Gasteiger partial charge in [-0.3, -0.25) is 0 Å². The Morgan fingerprint density at radius 3 is 2.83 bits per heavy atom. The first-order valence-corrected chi connectivity index (χ1v) is 3.89. The van der Waals surface area contributed by atoms with Gasteiger partial charge in [0.1, 0.15) is 0 Å². The van der Waals surface area contributed by atoms with Crippen molar-refractivity contribution in [1.82, 2.24) is 0 Å². The summed E-state index contributed by atoms with van der Waals surface area (Å²) in [6.45, 7) is 3.23. The lowest BCUT2D eigenvalue weighted by atomic mass is 10.3. The summed E-state index contributed by atoms with van der Waals surface area (Å²) < 4.78 is 2.09. The Hall–Kier alpha value is -0.600. The van der Waals surface area contributed by atoms with E-state index in [-0.39, 0.29) is 19.0 Å². The van der Waals surface area contributed by atoms with Crippen molar-refractivity contribution >= 4 is 0 Å². The molecule has 1 aromatic rings. The van der Waals surface area contributed by atoms with E-state index in [1.165, 1.54) is 5.56 Å². The molecule has 0 aromatic carbocycles. The van der Waals surface area contributed by atoms with Crippen molar-refractivity contribution < 1.29 is 22.1 Å². The first-order valence-electron chi connectivity index (χ1n) is 3.89. The summed E-state index contributed by atoms with van der Waals surface area (Å²) in [4.78, 5) is 0. The predicted molar refractivity (Wildman–Crippen MR) is 43.1 cm³/mol. The molecular formula is C9H14ClNO. The maximum absolute atomic E-state index is 8.58. The monoisotopic (exact) mass is 187 g/mol. The molecule has 1 rings (SSSR count). The highest BCUT2D eigenvalue weighted by atomic mass is 35.5. The van der Waals surface area contributed by atoms with Crippen molar-refractivity contribution in [3.05, 3.63) is 30.1 Å². The van der Waals surface area contributed by atoms with Crippen LogP contribution in [-0.4, -0.2) is 11.7 Å². The van der Waals surface area contributed by atoms with Gasteiger partial charge in [0.15, 0.2) is 18.9 Å². The van der Waals surface area contributed by atoms with Crippen LogP contribution in [0.4, 0.5) is 0 Å². The molecule has 1 heterocycles. The molecule has 0 amide bonds. The summed E-state index contributed by atoms with van der Waals surface area (Å²) in [5.74, 6) is 0. The van der Waals surface area contributed by atoms with Gasteiger partial charge in [-0.1, -0.05) is 0 Å². The van der Waals surface area contributed by atoms with Crippen molar-refractivity contribution in [3.8, 4) is 0 Å². The number of aryl methyl sites for hydroxylation is 2. The molecule has 0 spiro atoms. The Bertz CT molecular complexity index is 228.